The molecule has 0 aromatic heterocycles. The predicted molar refractivity (Wildman–Crippen MR) is 289 cm³/mol. The summed E-state index contributed by atoms with van der Waals surface area (Å²) in [5.41, 5.74) is 10.4. The van der Waals surface area contributed by atoms with Crippen LogP contribution in [0, 0.1) is 11.6 Å². The van der Waals surface area contributed by atoms with Crippen LogP contribution in [0.15, 0.2) is 145 Å². The molecule has 0 unspecified atom stereocenters. The molecule has 386 valence electrons. The van der Waals surface area contributed by atoms with Crippen molar-refractivity contribution in [2.75, 3.05) is 21.3 Å². The number of hydrogen-bond donors (Lipinski definition) is 1. The van der Waals surface area contributed by atoms with Crippen molar-refractivity contribution in [1.82, 2.24) is 0 Å². The number of allylic oxidation sites excluding steroid dienone is 4. The Hall–Kier alpha value is -7.20. The molecule has 8 nitrogen and oxygen atoms in total. The predicted octanol–water partition coefficient (Wildman–Crippen LogP) is 15.9. The maximum atomic E-state index is 14.9. The second-order valence-electron chi connectivity index (χ2n) is 20.7. The van der Waals surface area contributed by atoms with Crippen molar-refractivity contribution in [2.24, 2.45) is 0 Å². The fraction of sp³-hybridized carbons (Fsp3) is 0.333. The van der Waals surface area contributed by atoms with Gasteiger partial charge in [-0.25, -0.2) is 8.78 Å². The third-order valence-corrected chi connectivity index (χ3v) is 12.2. The van der Waals surface area contributed by atoms with Gasteiger partial charge in [-0.2, -0.15) is 0 Å². The summed E-state index contributed by atoms with van der Waals surface area (Å²) in [6.07, 6.45) is 4.36. The number of methoxy groups -OCH3 is 3. The molecule has 73 heavy (non-hydrogen) atoms. The highest BCUT2D eigenvalue weighted by Crippen LogP contribution is 2.39. The number of aliphatic carboxylic acids is 1. The Balaban J connectivity index is 0.000000271. The van der Waals surface area contributed by atoms with Gasteiger partial charge in [0, 0.05) is 23.0 Å². The molecule has 1 N–H and O–H groups in total. The largest absolute Gasteiger partial charge is 0.497 e. The van der Waals surface area contributed by atoms with Crippen LogP contribution in [0.2, 0.25) is 0 Å². The van der Waals surface area contributed by atoms with E-state index in [4.69, 9.17) is 23.7 Å². The second-order valence-corrected chi connectivity index (χ2v) is 20.7. The van der Waals surface area contributed by atoms with Gasteiger partial charge in [0.1, 0.15) is 47.8 Å². The number of ether oxygens (including phenoxy) is 5. The summed E-state index contributed by atoms with van der Waals surface area (Å²) in [7, 11) is 4.55. The van der Waals surface area contributed by atoms with Gasteiger partial charge in [0.2, 0.25) is 0 Å². The molecule has 0 heterocycles. The van der Waals surface area contributed by atoms with Crippen LogP contribution in [0.1, 0.15) is 127 Å². The first-order chi connectivity index (χ1) is 34.5. The minimum Gasteiger partial charge on any atom is -0.497 e. The second kappa shape index (κ2) is 25.5. The van der Waals surface area contributed by atoms with Gasteiger partial charge in [-0.3, -0.25) is 9.59 Å². The van der Waals surface area contributed by atoms with E-state index < -0.39 is 5.97 Å². The van der Waals surface area contributed by atoms with E-state index in [2.05, 4.69) is 47.6 Å². The highest BCUT2D eigenvalue weighted by atomic mass is 19.1. The summed E-state index contributed by atoms with van der Waals surface area (Å²) in [6.45, 7) is 21.3. The minimum absolute atomic E-state index is 0.0368. The Morgan fingerprint density at radius 2 is 0.877 bits per heavy atom. The van der Waals surface area contributed by atoms with E-state index in [-0.39, 0.29) is 53.1 Å². The molecule has 0 saturated carbocycles. The van der Waals surface area contributed by atoms with Gasteiger partial charge in [0.15, 0.2) is 0 Å². The van der Waals surface area contributed by atoms with Gasteiger partial charge in [0.25, 0.3) is 0 Å². The van der Waals surface area contributed by atoms with Crippen LogP contribution < -0.4 is 18.9 Å². The molecule has 0 fully saturated rings. The molecule has 0 radical (unpaired) electrons. The third-order valence-electron chi connectivity index (χ3n) is 12.2. The third kappa shape index (κ3) is 16.4. The number of esters is 1. The maximum Gasteiger partial charge on any atom is 0.306 e. The maximum absolute atomic E-state index is 14.9. The number of carbonyl (C=O) groups is 2. The molecule has 10 heteroatoms. The van der Waals surface area contributed by atoms with Crippen molar-refractivity contribution in [3.63, 3.8) is 0 Å². The molecule has 0 aliphatic rings. The zero-order chi connectivity index (χ0) is 53.6. The number of hydrogen-bond acceptors (Lipinski definition) is 7. The van der Waals surface area contributed by atoms with Gasteiger partial charge < -0.3 is 28.8 Å². The van der Waals surface area contributed by atoms with E-state index in [9.17, 15) is 23.5 Å². The molecular weight excluding hydrogens is 923 g/mol. The fourth-order valence-corrected chi connectivity index (χ4v) is 8.55. The summed E-state index contributed by atoms with van der Waals surface area (Å²) in [5, 5.41) is 9.26. The van der Waals surface area contributed by atoms with Crippen LogP contribution in [0.5, 0.6) is 23.0 Å². The first-order valence-electron chi connectivity index (χ1n) is 24.5. The van der Waals surface area contributed by atoms with E-state index in [1.54, 1.807) is 38.5 Å². The normalized spacial score (nSPS) is 12.0. The SMILES string of the molecule is COC(=O)C[C@H](C=C(C)C)c1ccc(OCc2ccc(C(C)(C)C)c(-c3cc(OC)ccc3F)c2)cc1.COc1ccc(F)c(-c2cc(COc3ccc([C@@H](C=C(C)C)CC(=O)O)cc3)ccc2C(C)(C)C)c1. The Bertz CT molecular complexity index is 2880. The average Bonchev–Trinajstić information content (AvgIpc) is 3.34. The Labute approximate surface area is 431 Å². The number of carboxylic acids is 1. The van der Waals surface area contributed by atoms with Gasteiger partial charge in [-0.1, -0.05) is 113 Å². The number of halogens is 2. The van der Waals surface area contributed by atoms with Gasteiger partial charge >= 0.3 is 11.9 Å². The summed E-state index contributed by atoms with van der Waals surface area (Å²) >= 11 is 0. The Morgan fingerprint density at radius 3 is 1.21 bits per heavy atom. The van der Waals surface area contributed by atoms with Crippen LogP contribution in [-0.4, -0.2) is 38.4 Å². The molecule has 0 spiro atoms. The van der Waals surface area contributed by atoms with E-state index in [0.29, 0.717) is 47.3 Å². The monoisotopic (exact) mass is 995 g/mol. The topological polar surface area (TPSA) is 101 Å². The van der Waals surface area contributed by atoms with Crippen molar-refractivity contribution in [1.29, 1.82) is 0 Å². The molecule has 0 saturated heterocycles. The van der Waals surface area contributed by atoms with Crippen LogP contribution in [0.25, 0.3) is 22.3 Å². The van der Waals surface area contributed by atoms with E-state index in [1.807, 2.05) is 119 Å². The highest BCUT2D eigenvalue weighted by molar-refractivity contribution is 5.73. The Kier molecular flexibility index (Phi) is 19.8. The van der Waals surface area contributed by atoms with Crippen LogP contribution in [0.3, 0.4) is 0 Å². The molecule has 2 atom stereocenters. The van der Waals surface area contributed by atoms with E-state index in [0.717, 1.165) is 55.7 Å². The van der Waals surface area contributed by atoms with Gasteiger partial charge in [-0.05, 0) is 156 Å². The van der Waals surface area contributed by atoms with Crippen LogP contribution in [-0.2, 0) is 38.4 Å². The lowest BCUT2D eigenvalue weighted by atomic mass is 9.81. The van der Waals surface area contributed by atoms with E-state index >= 15 is 0 Å². The minimum atomic E-state index is -0.834. The lowest BCUT2D eigenvalue weighted by Crippen LogP contribution is -2.13. The molecule has 6 rings (SSSR count). The number of benzene rings is 6. The summed E-state index contributed by atoms with van der Waals surface area (Å²) in [6, 6.07) is 36.9. The smallest absolute Gasteiger partial charge is 0.306 e. The molecular formula is C63H72F2O8. The standard InChI is InChI=1S/C32H37FO4.C31H35FO4/c1-21(2)16-24(18-31(34)36-7)23-9-11-25(12-10-23)37-20-22-8-14-29(32(3,4)5)27(17-22)28-19-26(35-6)13-15-30(28)33;1-20(2)15-23(17-30(33)34)22-8-10-24(11-9-22)36-19-21-7-13-28(31(3,4)5)26(16-21)27-18-25(35-6)12-14-29(27)32/h8-17,19,24H,18,20H2,1-7H3;7-16,18,23H,17,19H2,1-6H3,(H,33,34)/t24-;23-/m00/s1. The zero-order valence-electron chi connectivity index (χ0n) is 44.7. The van der Waals surface area contributed by atoms with Gasteiger partial charge in [-0.15, -0.1) is 0 Å². The first kappa shape index (κ1) is 56.7. The number of rotatable bonds is 18. The molecule has 0 bridgehead atoms. The van der Waals surface area contributed by atoms with Crippen molar-refractivity contribution in [3.8, 4) is 45.3 Å². The number of carboxylic acid groups (broad SMARTS) is 1. The highest BCUT2D eigenvalue weighted by Gasteiger charge is 2.24. The van der Waals surface area contributed by atoms with Crippen molar-refractivity contribution in [2.45, 2.75) is 118 Å². The summed E-state index contributed by atoms with van der Waals surface area (Å²) in [5.74, 6) is 0.679. The molecule has 6 aromatic carbocycles. The molecule has 6 aromatic rings. The summed E-state index contributed by atoms with van der Waals surface area (Å²) < 4.78 is 57.4. The first-order valence-corrected chi connectivity index (χ1v) is 24.5. The molecule has 0 aliphatic heterocycles. The van der Waals surface area contributed by atoms with E-state index in [1.165, 1.54) is 19.2 Å². The molecule has 0 amide bonds. The van der Waals surface area contributed by atoms with Crippen LogP contribution in [0.4, 0.5) is 8.78 Å². The lowest BCUT2D eigenvalue weighted by molar-refractivity contribution is -0.141. The van der Waals surface area contributed by atoms with Crippen molar-refractivity contribution < 1.29 is 47.2 Å². The van der Waals surface area contributed by atoms with Crippen LogP contribution >= 0.6 is 0 Å². The lowest BCUT2D eigenvalue weighted by Gasteiger charge is -2.24. The van der Waals surface area contributed by atoms with Crippen molar-refractivity contribution >= 4 is 11.9 Å². The molecule has 0 aliphatic carbocycles. The van der Waals surface area contributed by atoms with Gasteiger partial charge in [0.05, 0.1) is 34.2 Å². The average molecular weight is 995 g/mol. The Morgan fingerprint density at radius 1 is 0.507 bits per heavy atom. The van der Waals surface area contributed by atoms with Crippen molar-refractivity contribution in [3.05, 3.63) is 190 Å². The quantitative estimate of drug-likeness (QED) is 0.0671. The summed E-state index contributed by atoms with van der Waals surface area (Å²) in [4.78, 5) is 23.1. The number of carbonyl (C=O) groups excluding carboxylic acids is 1. The fourth-order valence-electron chi connectivity index (χ4n) is 8.55. The zero-order valence-corrected chi connectivity index (χ0v) is 44.7.